The minimum atomic E-state index is -1.00. The number of aryl methyl sites for hydroxylation is 1. The number of hydrogen-bond acceptors (Lipinski definition) is 3. The number of amides is 2. The van der Waals surface area contributed by atoms with Gasteiger partial charge in [-0.25, -0.2) is 4.79 Å². The summed E-state index contributed by atoms with van der Waals surface area (Å²) >= 11 is 0. The molecule has 6 nitrogen and oxygen atoms in total. The summed E-state index contributed by atoms with van der Waals surface area (Å²) < 4.78 is 0. The van der Waals surface area contributed by atoms with Gasteiger partial charge in [-0.2, -0.15) is 0 Å². The summed E-state index contributed by atoms with van der Waals surface area (Å²) in [5.41, 5.74) is 3.02. The number of piperazine rings is 1. The first-order valence-corrected chi connectivity index (χ1v) is 9.36. The van der Waals surface area contributed by atoms with Crippen LogP contribution in [0.25, 0.3) is 0 Å². The second-order valence-corrected chi connectivity index (χ2v) is 7.11. The van der Waals surface area contributed by atoms with Crippen LogP contribution in [0.15, 0.2) is 48.5 Å². The molecule has 0 unspecified atom stereocenters. The predicted molar refractivity (Wildman–Crippen MR) is 105 cm³/mol. The van der Waals surface area contributed by atoms with Gasteiger partial charge in [0.1, 0.15) is 0 Å². The number of rotatable bonds is 5. The van der Waals surface area contributed by atoms with Crippen LogP contribution in [0.5, 0.6) is 0 Å². The van der Waals surface area contributed by atoms with Gasteiger partial charge in [0, 0.05) is 26.2 Å². The summed E-state index contributed by atoms with van der Waals surface area (Å²) in [5, 5.41) is 9.06. The highest BCUT2D eigenvalue weighted by atomic mass is 16.4. The number of aromatic carboxylic acids is 1. The van der Waals surface area contributed by atoms with E-state index in [2.05, 4.69) is 0 Å². The zero-order chi connectivity index (χ0) is 20.1. The van der Waals surface area contributed by atoms with Crippen molar-refractivity contribution in [2.24, 2.45) is 0 Å². The lowest BCUT2D eigenvalue weighted by molar-refractivity contribution is -0.138. The van der Waals surface area contributed by atoms with E-state index in [9.17, 15) is 14.4 Å². The second-order valence-electron chi connectivity index (χ2n) is 7.11. The SMILES string of the molecule is Cc1ccc(CC(=O)N2CCN(C(=O)Cc3cccc(C(=O)O)c3)CC2)cc1. The maximum atomic E-state index is 12.5. The number of carbonyl (C=O) groups excluding carboxylic acids is 2. The highest BCUT2D eigenvalue weighted by Crippen LogP contribution is 2.11. The van der Waals surface area contributed by atoms with E-state index in [1.54, 1.807) is 21.9 Å². The molecule has 0 saturated carbocycles. The van der Waals surface area contributed by atoms with Crippen molar-refractivity contribution in [2.45, 2.75) is 19.8 Å². The van der Waals surface area contributed by atoms with Crippen molar-refractivity contribution in [3.05, 3.63) is 70.8 Å². The lowest BCUT2D eigenvalue weighted by Crippen LogP contribution is -2.51. The molecule has 0 atom stereocenters. The van der Waals surface area contributed by atoms with Gasteiger partial charge in [-0.05, 0) is 30.2 Å². The molecule has 1 aliphatic rings. The summed E-state index contributed by atoms with van der Waals surface area (Å²) in [7, 11) is 0. The monoisotopic (exact) mass is 380 g/mol. The Balaban J connectivity index is 1.51. The van der Waals surface area contributed by atoms with Gasteiger partial charge < -0.3 is 14.9 Å². The Kier molecular flexibility index (Phi) is 6.09. The molecule has 0 aromatic heterocycles. The molecule has 1 N–H and O–H groups in total. The number of carboxylic acid groups (broad SMARTS) is 1. The molecule has 28 heavy (non-hydrogen) atoms. The Bertz CT molecular complexity index is 868. The molecule has 3 rings (SSSR count). The van der Waals surface area contributed by atoms with E-state index in [0.29, 0.717) is 38.2 Å². The lowest BCUT2D eigenvalue weighted by Gasteiger charge is -2.35. The van der Waals surface area contributed by atoms with E-state index >= 15 is 0 Å². The third-order valence-electron chi connectivity index (χ3n) is 4.99. The van der Waals surface area contributed by atoms with Gasteiger partial charge in [0.05, 0.1) is 18.4 Å². The molecule has 1 heterocycles. The number of carboxylic acids is 1. The fourth-order valence-electron chi connectivity index (χ4n) is 3.30. The number of carbonyl (C=O) groups is 3. The Hall–Kier alpha value is -3.15. The van der Waals surface area contributed by atoms with Crippen molar-refractivity contribution >= 4 is 17.8 Å². The van der Waals surface area contributed by atoms with Crippen molar-refractivity contribution in [3.8, 4) is 0 Å². The Morgan fingerprint density at radius 1 is 0.821 bits per heavy atom. The van der Waals surface area contributed by atoms with Gasteiger partial charge in [-0.3, -0.25) is 9.59 Å². The van der Waals surface area contributed by atoms with Crippen LogP contribution >= 0.6 is 0 Å². The molecule has 1 aliphatic heterocycles. The number of nitrogens with zero attached hydrogens (tertiary/aromatic N) is 2. The van der Waals surface area contributed by atoms with Crippen LogP contribution in [0.4, 0.5) is 0 Å². The summed E-state index contributed by atoms with van der Waals surface area (Å²) in [6.45, 7) is 4.05. The van der Waals surface area contributed by atoms with Crippen molar-refractivity contribution < 1.29 is 19.5 Å². The van der Waals surface area contributed by atoms with Crippen LogP contribution in [0.2, 0.25) is 0 Å². The van der Waals surface area contributed by atoms with Crippen LogP contribution in [-0.4, -0.2) is 58.9 Å². The molecular formula is C22H24N2O4. The molecule has 6 heteroatoms. The second kappa shape index (κ2) is 8.69. The molecular weight excluding hydrogens is 356 g/mol. The minimum Gasteiger partial charge on any atom is -0.478 e. The van der Waals surface area contributed by atoms with Crippen LogP contribution < -0.4 is 0 Å². The largest absolute Gasteiger partial charge is 0.478 e. The summed E-state index contributed by atoms with van der Waals surface area (Å²) in [4.78, 5) is 39.6. The smallest absolute Gasteiger partial charge is 0.335 e. The zero-order valence-corrected chi connectivity index (χ0v) is 15.9. The van der Waals surface area contributed by atoms with E-state index in [1.165, 1.54) is 12.1 Å². The van der Waals surface area contributed by atoms with Crippen molar-refractivity contribution in [2.75, 3.05) is 26.2 Å². The van der Waals surface area contributed by atoms with Crippen molar-refractivity contribution in [1.29, 1.82) is 0 Å². The van der Waals surface area contributed by atoms with E-state index < -0.39 is 5.97 Å². The van der Waals surface area contributed by atoms with E-state index in [0.717, 1.165) is 11.1 Å². The maximum Gasteiger partial charge on any atom is 0.335 e. The van der Waals surface area contributed by atoms with Gasteiger partial charge in [0.25, 0.3) is 0 Å². The van der Waals surface area contributed by atoms with E-state index in [4.69, 9.17) is 5.11 Å². The Labute approximate surface area is 164 Å². The van der Waals surface area contributed by atoms with Gasteiger partial charge in [0.15, 0.2) is 0 Å². The van der Waals surface area contributed by atoms with Gasteiger partial charge in [0.2, 0.25) is 11.8 Å². The molecule has 0 aliphatic carbocycles. The highest BCUT2D eigenvalue weighted by Gasteiger charge is 2.24. The third kappa shape index (κ3) is 4.97. The van der Waals surface area contributed by atoms with Crippen molar-refractivity contribution in [3.63, 3.8) is 0 Å². The molecule has 2 aromatic carbocycles. The summed E-state index contributed by atoms with van der Waals surface area (Å²) in [6.07, 6.45) is 0.536. The third-order valence-corrected chi connectivity index (χ3v) is 4.99. The average Bonchev–Trinajstić information content (AvgIpc) is 2.70. The average molecular weight is 380 g/mol. The fourth-order valence-corrected chi connectivity index (χ4v) is 3.30. The first-order valence-electron chi connectivity index (χ1n) is 9.36. The van der Waals surface area contributed by atoms with Crippen LogP contribution in [-0.2, 0) is 22.4 Å². The maximum absolute atomic E-state index is 12.5. The van der Waals surface area contributed by atoms with Crippen LogP contribution in [0, 0.1) is 6.92 Å². The van der Waals surface area contributed by atoms with Gasteiger partial charge >= 0.3 is 5.97 Å². The Morgan fingerprint density at radius 3 is 1.89 bits per heavy atom. The van der Waals surface area contributed by atoms with E-state index in [-0.39, 0.29) is 23.8 Å². The molecule has 1 fully saturated rings. The lowest BCUT2D eigenvalue weighted by atomic mass is 10.1. The zero-order valence-electron chi connectivity index (χ0n) is 15.9. The molecule has 2 aromatic rings. The standard InChI is InChI=1S/C22H24N2O4/c1-16-5-7-17(8-6-16)14-20(25)23-9-11-24(12-10-23)21(26)15-18-3-2-4-19(13-18)22(27)28/h2-8,13H,9-12,14-15H2,1H3,(H,27,28). The van der Waals surface area contributed by atoms with Gasteiger partial charge in [-0.1, -0.05) is 42.0 Å². The molecule has 0 spiro atoms. The molecule has 1 saturated heterocycles. The first-order chi connectivity index (χ1) is 13.4. The highest BCUT2D eigenvalue weighted by molar-refractivity contribution is 5.88. The molecule has 0 bridgehead atoms. The quantitative estimate of drug-likeness (QED) is 0.862. The minimum absolute atomic E-state index is 0.0480. The fraction of sp³-hybridized carbons (Fsp3) is 0.318. The summed E-state index contributed by atoms with van der Waals surface area (Å²) in [6, 6.07) is 14.4. The molecule has 2 amide bonds. The molecule has 0 radical (unpaired) electrons. The normalized spacial score (nSPS) is 14.0. The van der Waals surface area contributed by atoms with Crippen molar-refractivity contribution in [1.82, 2.24) is 9.80 Å². The number of benzene rings is 2. The first kappa shape index (κ1) is 19.6. The predicted octanol–water partition coefficient (Wildman–Crippen LogP) is 2.15. The van der Waals surface area contributed by atoms with E-state index in [1.807, 2.05) is 31.2 Å². The van der Waals surface area contributed by atoms with Crippen LogP contribution in [0.3, 0.4) is 0 Å². The van der Waals surface area contributed by atoms with Gasteiger partial charge in [-0.15, -0.1) is 0 Å². The summed E-state index contributed by atoms with van der Waals surface area (Å²) in [5.74, 6) is -0.978. The number of hydrogen-bond donors (Lipinski definition) is 1. The van der Waals surface area contributed by atoms with Crippen LogP contribution in [0.1, 0.15) is 27.0 Å². The topological polar surface area (TPSA) is 77.9 Å². The molecule has 146 valence electrons. The Morgan fingerprint density at radius 2 is 1.36 bits per heavy atom.